The molecule has 1 N–H and O–H groups in total. The molecule has 2 aromatic carbocycles. The molecule has 0 aliphatic heterocycles. The first kappa shape index (κ1) is 13.6. The third kappa shape index (κ3) is 3.36. The normalized spacial score (nSPS) is 13.9. The molecule has 0 radical (unpaired) electrons. The standard InChI is InChI=1S/C17H20O2/c1-12-11-16(13(2)18)9-10-17(12)19-14(3)15-7-5-4-6-8-15/h4-11,13-14,18H,1-3H3. The molecule has 100 valence electrons. The van der Waals surface area contributed by atoms with Gasteiger partial charge in [0.05, 0.1) is 6.10 Å². The lowest BCUT2D eigenvalue weighted by Gasteiger charge is -2.17. The van der Waals surface area contributed by atoms with Crippen molar-refractivity contribution in [2.75, 3.05) is 0 Å². The number of aryl methyl sites for hydroxylation is 1. The highest BCUT2D eigenvalue weighted by molar-refractivity contribution is 5.37. The first-order chi connectivity index (χ1) is 9.08. The molecule has 0 aromatic heterocycles. The molecule has 0 fully saturated rings. The minimum Gasteiger partial charge on any atom is -0.486 e. The van der Waals surface area contributed by atoms with Crippen LogP contribution in [0, 0.1) is 6.92 Å². The first-order valence-electron chi connectivity index (χ1n) is 6.58. The summed E-state index contributed by atoms with van der Waals surface area (Å²) in [6, 6.07) is 15.9. The molecule has 0 spiro atoms. The van der Waals surface area contributed by atoms with Crippen LogP contribution in [0.15, 0.2) is 48.5 Å². The van der Waals surface area contributed by atoms with Crippen molar-refractivity contribution in [1.29, 1.82) is 0 Å². The number of benzene rings is 2. The number of aliphatic hydroxyl groups excluding tert-OH is 1. The van der Waals surface area contributed by atoms with Gasteiger partial charge in [-0.25, -0.2) is 0 Å². The topological polar surface area (TPSA) is 29.5 Å². The van der Waals surface area contributed by atoms with Crippen LogP contribution in [-0.4, -0.2) is 5.11 Å². The Balaban J connectivity index is 2.15. The van der Waals surface area contributed by atoms with E-state index in [0.717, 1.165) is 22.4 Å². The minimum absolute atomic E-state index is 0.0114. The average Bonchev–Trinajstić information content (AvgIpc) is 2.41. The van der Waals surface area contributed by atoms with Crippen LogP contribution >= 0.6 is 0 Å². The van der Waals surface area contributed by atoms with Crippen LogP contribution in [0.2, 0.25) is 0 Å². The molecular formula is C17H20O2. The summed E-state index contributed by atoms with van der Waals surface area (Å²) in [7, 11) is 0. The monoisotopic (exact) mass is 256 g/mol. The highest BCUT2D eigenvalue weighted by Gasteiger charge is 2.10. The second-order valence-corrected chi connectivity index (χ2v) is 4.87. The Morgan fingerprint density at radius 3 is 2.21 bits per heavy atom. The predicted molar refractivity (Wildman–Crippen MR) is 77.3 cm³/mol. The second-order valence-electron chi connectivity index (χ2n) is 4.87. The van der Waals surface area contributed by atoms with Gasteiger partial charge in [-0.2, -0.15) is 0 Å². The fourth-order valence-corrected chi connectivity index (χ4v) is 2.05. The van der Waals surface area contributed by atoms with Crippen LogP contribution in [0.5, 0.6) is 5.75 Å². The number of hydrogen-bond acceptors (Lipinski definition) is 2. The Hall–Kier alpha value is -1.80. The average molecular weight is 256 g/mol. The van der Waals surface area contributed by atoms with Gasteiger partial charge in [0, 0.05) is 0 Å². The number of ether oxygens (including phenoxy) is 1. The molecule has 0 saturated carbocycles. The minimum atomic E-state index is -0.445. The summed E-state index contributed by atoms with van der Waals surface area (Å²) >= 11 is 0. The highest BCUT2D eigenvalue weighted by Crippen LogP contribution is 2.27. The van der Waals surface area contributed by atoms with Crippen molar-refractivity contribution < 1.29 is 9.84 Å². The van der Waals surface area contributed by atoms with E-state index in [0.29, 0.717) is 0 Å². The summed E-state index contributed by atoms with van der Waals surface area (Å²) in [6.07, 6.45) is -0.434. The Labute approximate surface area is 114 Å². The molecule has 0 amide bonds. The summed E-state index contributed by atoms with van der Waals surface area (Å²) in [5, 5.41) is 9.56. The third-order valence-corrected chi connectivity index (χ3v) is 3.25. The molecule has 0 heterocycles. The van der Waals surface area contributed by atoms with Crippen LogP contribution in [0.3, 0.4) is 0 Å². The molecule has 2 nitrogen and oxygen atoms in total. The first-order valence-corrected chi connectivity index (χ1v) is 6.58. The van der Waals surface area contributed by atoms with E-state index in [4.69, 9.17) is 4.74 Å². The lowest BCUT2D eigenvalue weighted by Crippen LogP contribution is -2.04. The predicted octanol–water partition coefficient (Wildman–Crippen LogP) is 4.19. The van der Waals surface area contributed by atoms with E-state index in [1.807, 2.05) is 50.2 Å². The van der Waals surface area contributed by atoms with Gasteiger partial charge >= 0.3 is 0 Å². The maximum atomic E-state index is 9.56. The van der Waals surface area contributed by atoms with Crippen molar-refractivity contribution >= 4 is 0 Å². The lowest BCUT2D eigenvalue weighted by atomic mass is 10.1. The van der Waals surface area contributed by atoms with Crippen molar-refractivity contribution in [2.24, 2.45) is 0 Å². The van der Waals surface area contributed by atoms with Gasteiger partial charge in [-0.3, -0.25) is 0 Å². The Bertz CT molecular complexity index is 532. The van der Waals surface area contributed by atoms with Crippen molar-refractivity contribution in [2.45, 2.75) is 33.0 Å². The van der Waals surface area contributed by atoms with Crippen LogP contribution < -0.4 is 4.74 Å². The molecule has 0 aliphatic carbocycles. The molecule has 0 bridgehead atoms. The maximum absolute atomic E-state index is 9.56. The number of hydrogen-bond donors (Lipinski definition) is 1. The van der Waals surface area contributed by atoms with E-state index in [2.05, 4.69) is 12.1 Å². The van der Waals surface area contributed by atoms with Crippen molar-refractivity contribution in [3.8, 4) is 5.75 Å². The third-order valence-electron chi connectivity index (χ3n) is 3.25. The molecule has 2 aromatic rings. The zero-order chi connectivity index (χ0) is 13.8. The van der Waals surface area contributed by atoms with E-state index in [9.17, 15) is 5.11 Å². The van der Waals surface area contributed by atoms with E-state index < -0.39 is 6.10 Å². The van der Waals surface area contributed by atoms with E-state index in [1.165, 1.54) is 0 Å². The number of rotatable bonds is 4. The van der Waals surface area contributed by atoms with E-state index in [-0.39, 0.29) is 6.10 Å². The van der Waals surface area contributed by atoms with Gasteiger partial charge in [-0.15, -0.1) is 0 Å². The van der Waals surface area contributed by atoms with Gasteiger partial charge in [0.15, 0.2) is 0 Å². The largest absolute Gasteiger partial charge is 0.486 e. The van der Waals surface area contributed by atoms with Gasteiger partial charge in [0.25, 0.3) is 0 Å². The van der Waals surface area contributed by atoms with Crippen molar-refractivity contribution in [1.82, 2.24) is 0 Å². The quantitative estimate of drug-likeness (QED) is 0.888. The van der Waals surface area contributed by atoms with Gasteiger partial charge in [-0.1, -0.05) is 36.4 Å². The van der Waals surface area contributed by atoms with E-state index >= 15 is 0 Å². The van der Waals surface area contributed by atoms with Crippen molar-refractivity contribution in [3.05, 3.63) is 65.2 Å². The van der Waals surface area contributed by atoms with Gasteiger partial charge in [0.2, 0.25) is 0 Å². The van der Waals surface area contributed by atoms with Crippen LogP contribution in [0.4, 0.5) is 0 Å². The molecular weight excluding hydrogens is 236 g/mol. The van der Waals surface area contributed by atoms with Crippen LogP contribution in [-0.2, 0) is 0 Å². The fourth-order valence-electron chi connectivity index (χ4n) is 2.05. The van der Waals surface area contributed by atoms with Crippen LogP contribution in [0.25, 0.3) is 0 Å². The van der Waals surface area contributed by atoms with Gasteiger partial charge < -0.3 is 9.84 Å². The number of aliphatic hydroxyl groups is 1. The molecule has 0 aliphatic rings. The lowest BCUT2D eigenvalue weighted by molar-refractivity contribution is 0.198. The van der Waals surface area contributed by atoms with Crippen molar-refractivity contribution in [3.63, 3.8) is 0 Å². The Kier molecular flexibility index (Phi) is 4.23. The zero-order valence-corrected chi connectivity index (χ0v) is 11.6. The summed E-state index contributed by atoms with van der Waals surface area (Å²) in [5.74, 6) is 0.862. The SMILES string of the molecule is Cc1cc(C(C)O)ccc1OC(C)c1ccccc1. The Morgan fingerprint density at radius 1 is 0.947 bits per heavy atom. The van der Waals surface area contributed by atoms with Gasteiger partial charge in [0.1, 0.15) is 11.9 Å². The molecule has 0 saturated heterocycles. The summed E-state index contributed by atoms with van der Waals surface area (Å²) in [5.41, 5.74) is 3.11. The zero-order valence-electron chi connectivity index (χ0n) is 11.6. The summed E-state index contributed by atoms with van der Waals surface area (Å²) in [4.78, 5) is 0. The molecule has 19 heavy (non-hydrogen) atoms. The Morgan fingerprint density at radius 2 is 1.63 bits per heavy atom. The maximum Gasteiger partial charge on any atom is 0.123 e. The fraction of sp³-hybridized carbons (Fsp3) is 0.294. The summed E-state index contributed by atoms with van der Waals surface area (Å²) in [6.45, 7) is 5.80. The molecule has 2 unspecified atom stereocenters. The van der Waals surface area contributed by atoms with Gasteiger partial charge in [-0.05, 0) is 49.6 Å². The molecule has 2 heteroatoms. The smallest absolute Gasteiger partial charge is 0.123 e. The highest BCUT2D eigenvalue weighted by atomic mass is 16.5. The summed E-state index contributed by atoms with van der Waals surface area (Å²) < 4.78 is 5.98. The second kappa shape index (κ2) is 5.89. The molecule has 2 atom stereocenters. The van der Waals surface area contributed by atoms with Crippen LogP contribution in [0.1, 0.15) is 42.7 Å². The van der Waals surface area contributed by atoms with E-state index in [1.54, 1.807) is 6.92 Å². The molecule has 2 rings (SSSR count).